The second-order valence-electron chi connectivity index (χ2n) is 14.3. The van der Waals surface area contributed by atoms with Gasteiger partial charge in [-0.2, -0.15) is 0 Å². The maximum absolute atomic E-state index is 13.9. The van der Waals surface area contributed by atoms with Gasteiger partial charge in [0.05, 0.1) is 15.1 Å². The van der Waals surface area contributed by atoms with Crippen LogP contribution in [-0.2, 0) is 16.0 Å². The van der Waals surface area contributed by atoms with Gasteiger partial charge in [0, 0.05) is 56.4 Å². The van der Waals surface area contributed by atoms with Crippen LogP contribution in [0.15, 0.2) is 30.5 Å². The van der Waals surface area contributed by atoms with Gasteiger partial charge < -0.3 is 24.8 Å². The van der Waals surface area contributed by atoms with Gasteiger partial charge in [-0.25, -0.2) is 9.78 Å². The number of thiazole rings is 1. The number of carbonyl (C=O) groups is 3. The first-order chi connectivity index (χ1) is 21.6. The number of thioether (sulfide) groups is 1. The number of hydrogen-bond donors (Lipinski definition) is 1. The van der Waals surface area contributed by atoms with Crippen molar-refractivity contribution < 1.29 is 14.4 Å². The summed E-state index contributed by atoms with van der Waals surface area (Å²) in [7, 11) is 2.18. The minimum Gasteiger partial charge on any atom is -0.349 e. The number of aromatic nitrogens is 1. The molecule has 6 rings (SSSR count). The summed E-state index contributed by atoms with van der Waals surface area (Å²) < 4.78 is 0. The van der Waals surface area contributed by atoms with Crippen molar-refractivity contribution in [3.05, 3.63) is 45.9 Å². The first-order valence-corrected chi connectivity index (χ1v) is 18.3. The number of anilines is 1. The monoisotopic (exact) mass is 650 g/mol. The Labute approximate surface area is 276 Å². The van der Waals surface area contributed by atoms with Crippen LogP contribution in [0, 0.1) is 5.41 Å². The standard InChI is InChI=1S/C33H47BN6O3S2/c1-33(2,3)13-19-40-30(42)26(45-31(40)27-21-35-29(44-27)23-8-16-38(34)17-9-23)20-28(41)37-14-11-24(12-15-37)39-18-10-22-6-4-5-7-25(22)36-32(39)43/h4-7,21,23-24,26,31H,8-20,34H2,1-3H3,(H,36,43)/t26-,31?/m0/s1. The van der Waals surface area contributed by atoms with E-state index in [9.17, 15) is 14.4 Å². The number of hydrogen-bond acceptors (Lipinski definition) is 7. The smallest absolute Gasteiger partial charge is 0.322 e. The van der Waals surface area contributed by atoms with E-state index >= 15 is 0 Å². The lowest BCUT2D eigenvalue weighted by atomic mass is 9.92. The Morgan fingerprint density at radius 3 is 2.51 bits per heavy atom. The summed E-state index contributed by atoms with van der Waals surface area (Å²) in [5.74, 6) is 0.605. The highest BCUT2D eigenvalue weighted by Crippen LogP contribution is 2.47. The van der Waals surface area contributed by atoms with Gasteiger partial charge >= 0.3 is 6.03 Å². The summed E-state index contributed by atoms with van der Waals surface area (Å²) in [6.07, 6.45) is 7.68. The zero-order valence-corrected chi connectivity index (χ0v) is 28.8. The number of benzene rings is 1. The third-order valence-electron chi connectivity index (χ3n) is 9.85. The summed E-state index contributed by atoms with van der Waals surface area (Å²) in [5.41, 5.74) is 2.15. The van der Waals surface area contributed by atoms with Gasteiger partial charge in [0.1, 0.15) is 5.37 Å². The molecule has 3 saturated heterocycles. The Bertz CT molecular complexity index is 1380. The lowest BCUT2D eigenvalue weighted by Gasteiger charge is -2.38. The van der Waals surface area contributed by atoms with Crippen molar-refractivity contribution in [3.63, 3.8) is 0 Å². The fraction of sp³-hybridized carbons (Fsp3) is 0.636. The minimum absolute atomic E-state index is 0.0414. The van der Waals surface area contributed by atoms with E-state index in [2.05, 4.69) is 44.9 Å². The molecule has 0 bridgehead atoms. The molecule has 1 aromatic carbocycles. The quantitative estimate of drug-likeness (QED) is 0.437. The molecule has 2 atom stereocenters. The number of fused-ring (bicyclic) bond motifs is 1. The van der Waals surface area contributed by atoms with Crippen molar-refractivity contribution in [1.82, 2.24) is 24.5 Å². The lowest BCUT2D eigenvalue weighted by Crippen LogP contribution is -2.50. The average molecular weight is 651 g/mol. The molecule has 1 N–H and O–H groups in total. The predicted molar refractivity (Wildman–Crippen MR) is 184 cm³/mol. The van der Waals surface area contributed by atoms with Crippen LogP contribution in [0.25, 0.3) is 0 Å². The van der Waals surface area contributed by atoms with Crippen molar-refractivity contribution >= 4 is 54.6 Å². The predicted octanol–water partition coefficient (Wildman–Crippen LogP) is 4.72. The molecule has 3 fully saturated rings. The van der Waals surface area contributed by atoms with Crippen molar-refractivity contribution in [2.75, 3.05) is 44.6 Å². The third-order valence-corrected chi connectivity index (χ3v) is 12.7. The molecule has 4 amide bonds. The van der Waals surface area contributed by atoms with E-state index in [1.165, 1.54) is 5.01 Å². The molecule has 0 aliphatic carbocycles. The molecule has 1 unspecified atom stereocenters. The summed E-state index contributed by atoms with van der Waals surface area (Å²) >= 11 is 3.39. The first-order valence-electron chi connectivity index (χ1n) is 16.6. The van der Waals surface area contributed by atoms with E-state index in [1.807, 2.05) is 39.1 Å². The molecular formula is C33H47BN6O3S2. The van der Waals surface area contributed by atoms with Crippen LogP contribution in [-0.4, -0.2) is 101 Å². The van der Waals surface area contributed by atoms with Gasteiger partial charge in [-0.3, -0.25) is 9.59 Å². The number of nitrogens with zero attached hydrogens (tertiary/aromatic N) is 5. The minimum atomic E-state index is -0.385. The Morgan fingerprint density at radius 2 is 1.78 bits per heavy atom. The number of urea groups is 1. The first kappa shape index (κ1) is 32.4. The molecule has 4 aliphatic heterocycles. The molecule has 0 spiro atoms. The number of amides is 4. The highest BCUT2D eigenvalue weighted by Gasteiger charge is 2.44. The van der Waals surface area contributed by atoms with E-state index in [4.69, 9.17) is 4.98 Å². The largest absolute Gasteiger partial charge is 0.349 e. The van der Waals surface area contributed by atoms with Crippen molar-refractivity contribution in [2.45, 2.75) is 88.3 Å². The van der Waals surface area contributed by atoms with Gasteiger partial charge in [0.15, 0.2) is 7.98 Å². The van der Waals surface area contributed by atoms with E-state index in [0.717, 1.165) is 67.7 Å². The third kappa shape index (κ3) is 7.54. The second kappa shape index (κ2) is 13.7. The van der Waals surface area contributed by atoms with Crippen LogP contribution in [0.4, 0.5) is 10.5 Å². The van der Waals surface area contributed by atoms with Gasteiger partial charge in [-0.1, -0.05) is 39.0 Å². The normalized spacial score (nSPS) is 24.1. The van der Waals surface area contributed by atoms with Crippen molar-refractivity contribution in [3.8, 4) is 0 Å². The van der Waals surface area contributed by atoms with E-state index in [-0.39, 0.29) is 46.3 Å². The van der Waals surface area contributed by atoms with Gasteiger partial charge in [0.2, 0.25) is 11.8 Å². The molecule has 4 aliphatic rings. The molecule has 9 nitrogen and oxygen atoms in total. The van der Waals surface area contributed by atoms with Crippen LogP contribution in [0.2, 0.25) is 0 Å². The van der Waals surface area contributed by atoms with Gasteiger partial charge in [-0.05, 0) is 68.7 Å². The highest BCUT2D eigenvalue weighted by molar-refractivity contribution is 8.01. The van der Waals surface area contributed by atoms with Crippen LogP contribution >= 0.6 is 23.1 Å². The Balaban J connectivity index is 1.07. The Morgan fingerprint density at radius 1 is 1.04 bits per heavy atom. The topological polar surface area (TPSA) is 89.1 Å². The number of para-hydroxylation sites is 1. The summed E-state index contributed by atoms with van der Waals surface area (Å²) in [5, 5.41) is 3.79. The molecule has 242 valence electrons. The summed E-state index contributed by atoms with van der Waals surface area (Å²) in [6.45, 7) is 11.4. The van der Waals surface area contributed by atoms with E-state index < -0.39 is 0 Å². The second-order valence-corrected chi connectivity index (χ2v) is 16.7. The SMILES string of the molecule is BN1CCC(c2ncc(C3S[C@@H](CC(=O)N4CCC(N5CCc6ccccc6NC5=O)CC4)C(=O)N3CCC(C)(C)C)s2)CC1. The number of likely N-dealkylation sites (tertiary alicyclic amines) is 1. The molecule has 0 radical (unpaired) electrons. The molecule has 5 heterocycles. The van der Waals surface area contributed by atoms with Crippen LogP contribution in [0.3, 0.4) is 0 Å². The van der Waals surface area contributed by atoms with Crippen molar-refractivity contribution in [2.24, 2.45) is 5.41 Å². The van der Waals surface area contributed by atoms with Gasteiger partial charge in [0.25, 0.3) is 0 Å². The van der Waals surface area contributed by atoms with Crippen LogP contribution < -0.4 is 5.32 Å². The molecular weight excluding hydrogens is 603 g/mol. The van der Waals surface area contributed by atoms with E-state index in [1.54, 1.807) is 23.1 Å². The fourth-order valence-corrected chi connectivity index (χ4v) is 9.69. The molecule has 45 heavy (non-hydrogen) atoms. The van der Waals surface area contributed by atoms with Crippen LogP contribution in [0.5, 0.6) is 0 Å². The lowest BCUT2D eigenvalue weighted by molar-refractivity contribution is -0.137. The Hall–Kier alpha value is -2.57. The fourth-order valence-electron chi connectivity index (χ4n) is 6.94. The Kier molecular flexibility index (Phi) is 9.83. The maximum atomic E-state index is 13.9. The zero-order chi connectivity index (χ0) is 31.7. The summed E-state index contributed by atoms with van der Waals surface area (Å²) in [6, 6.07) is 8.03. The highest BCUT2D eigenvalue weighted by atomic mass is 32.2. The summed E-state index contributed by atoms with van der Waals surface area (Å²) in [4.78, 5) is 54.7. The molecule has 0 saturated carbocycles. The molecule has 1 aromatic heterocycles. The van der Waals surface area contributed by atoms with Crippen LogP contribution in [0.1, 0.15) is 86.0 Å². The molecule has 12 heteroatoms. The number of piperidine rings is 2. The molecule has 2 aromatic rings. The number of carbonyl (C=O) groups excluding carboxylic acids is 3. The zero-order valence-electron chi connectivity index (χ0n) is 27.2. The number of nitrogens with one attached hydrogen (secondary N) is 1. The van der Waals surface area contributed by atoms with Gasteiger partial charge in [-0.15, -0.1) is 23.1 Å². The number of rotatable bonds is 7. The maximum Gasteiger partial charge on any atom is 0.322 e. The van der Waals surface area contributed by atoms with E-state index in [0.29, 0.717) is 32.1 Å². The van der Waals surface area contributed by atoms with Crippen molar-refractivity contribution in [1.29, 1.82) is 0 Å². The average Bonchev–Trinajstić information content (AvgIpc) is 3.57.